The van der Waals surface area contributed by atoms with E-state index in [0.717, 1.165) is 16.9 Å². The van der Waals surface area contributed by atoms with E-state index in [1.807, 2.05) is 12.3 Å². The lowest BCUT2D eigenvalue weighted by molar-refractivity contribution is 0.0802. The van der Waals surface area contributed by atoms with E-state index in [-0.39, 0.29) is 11.0 Å². The summed E-state index contributed by atoms with van der Waals surface area (Å²) in [6.45, 7) is 12.8. The van der Waals surface area contributed by atoms with Crippen molar-refractivity contribution in [3.05, 3.63) is 23.4 Å². The van der Waals surface area contributed by atoms with E-state index in [2.05, 4.69) is 62.5 Å². The summed E-state index contributed by atoms with van der Waals surface area (Å²) in [6, 6.07) is 2.00. The second-order valence-electron chi connectivity index (χ2n) is 6.99. The molecule has 0 aliphatic heterocycles. The van der Waals surface area contributed by atoms with Crippen molar-refractivity contribution in [2.45, 2.75) is 52.5 Å². The van der Waals surface area contributed by atoms with Gasteiger partial charge in [-0.2, -0.15) is 0 Å². The van der Waals surface area contributed by atoms with Gasteiger partial charge < -0.3 is 20.3 Å². The number of hydrogen-bond donors (Lipinski definition) is 3. The number of nitrogens with one attached hydrogen (secondary N) is 1. The molecule has 7 nitrogen and oxygen atoms in total. The second kappa shape index (κ2) is 8.20. The SMILES string of the molecule is C#Cc1c(C(C)(C)C)ccnc1NC(C)(C)C.O=C(O)OC(=O)O. The molecule has 0 aromatic carbocycles. The first-order chi connectivity index (χ1) is 10.8. The van der Waals surface area contributed by atoms with E-state index >= 15 is 0 Å². The molecule has 1 heterocycles. The zero-order chi connectivity index (χ0) is 19.1. The van der Waals surface area contributed by atoms with Crippen molar-refractivity contribution in [1.82, 2.24) is 4.98 Å². The van der Waals surface area contributed by atoms with Gasteiger partial charge in [-0.15, -0.1) is 6.42 Å². The third kappa shape index (κ3) is 8.03. The highest BCUT2D eigenvalue weighted by molar-refractivity contribution is 5.74. The number of anilines is 1. The molecule has 0 radical (unpaired) electrons. The highest BCUT2D eigenvalue weighted by Crippen LogP contribution is 2.29. The van der Waals surface area contributed by atoms with E-state index in [1.54, 1.807) is 0 Å². The van der Waals surface area contributed by atoms with Gasteiger partial charge in [0.05, 0.1) is 5.56 Å². The van der Waals surface area contributed by atoms with Crippen LogP contribution in [0.25, 0.3) is 0 Å². The number of nitrogens with zero attached hydrogens (tertiary/aromatic N) is 1. The highest BCUT2D eigenvalue weighted by Gasteiger charge is 2.21. The first kappa shape index (κ1) is 21.2. The van der Waals surface area contributed by atoms with Crippen molar-refractivity contribution < 1.29 is 24.5 Å². The molecule has 0 bridgehead atoms. The minimum absolute atomic E-state index is 0.0267. The summed E-state index contributed by atoms with van der Waals surface area (Å²) in [4.78, 5) is 22.8. The molecular weight excluding hydrogens is 312 g/mol. The Bertz CT molecular complexity index is 622. The van der Waals surface area contributed by atoms with E-state index in [1.165, 1.54) is 0 Å². The second-order valence-corrected chi connectivity index (χ2v) is 6.99. The third-order valence-electron chi connectivity index (χ3n) is 2.57. The topological polar surface area (TPSA) is 109 Å². The molecule has 0 fully saturated rings. The normalized spacial score (nSPS) is 10.7. The number of ether oxygens (including phenoxy) is 1. The Morgan fingerprint density at radius 3 is 1.96 bits per heavy atom. The largest absolute Gasteiger partial charge is 0.516 e. The maximum atomic E-state index is 9.21. The Labute approximate surface area is 142 Å². The summed E-state index contributed by atoms with van der Waals surface area (Å²) < 4.78 is 3.08. The van der Waals surface area contributed by atoms with Crippen molar-refractivity contribution in [3.63, 3.8) is 0 Å². The van der Waals surface area contributed by atoms with E-state index in [9.17, 15) is 9.59 Å². The number of hydrogen-bond acceptors (Lipinski definition) is 5. The van der Waals surface area contributed by atoms with Gasteiger partial charge in [0.1, 0.15) is 5.82 Å². The van der Waals surface area contributed by atoms with Gasteiger partial charge in [0.15, 0.2) is 0 Å². The molecule has 0 atom stereocenters. The monoisotopic (exact) mass is 336 g/mol. The smallest absolute Gasteiger partial charge is 0.449 e. The van der Waals surface area contributed by atoms with Gasteiger partial charge in [0.2, 0.25) is 0 Å². The fourth-order valence-electron chi connectivity index (χ4n) is 1.76. The van der Waals surface area contributed by atoms with E-state index < -0.39 is 12.3 Å². The minimum atomic E-state index is -1.81. The fourth-order valence-corrected chi connectivity index (χ4v) is 1.76. The van der Waals surface area contributed by atoms with Crippen molar-refractivity contribution in [2.24, 2.45) is 0 Å². The molecule has 24 heavy (non-hydrogen) atoms. The molecule has 0 saturated heterocycles. The van der Waals surface area contributed by atoms with Crippen molar-refractivity contribution in [3.8, 4) is 12.3 Å². The lowest BCUT2D eigenvalue weighted by Gasteiger charge is -2.26. The minimum Gasteiger partial charge on any atom is -0.449 e. The molecule has 1 rings (SSSR count). The van der Waals surface area contributed by atoms with Crippen LogP contribution in [0.4, 0.5) is 15.4 Å². The third-order valence-corrected chi connectivity index (χ3v) is 2.57. The van der Waals surface area contributed by atoms with Crippen molar-refractivity contribution >= 4 is 18.1 Å². The zero-order valence-electron chi connectivity index (χ0n) is 14.8. The zero-order valence-corrected chi connectivity index (χ0v) is 14.8. The Hall–Kier alpha value is -2.75. The van der Waals surface area contributed by atoms with Crippen LogP contribution >= 0.6 is 0 Å². The molecule has 0 aliphatic carbocycles. The maximum absolute atomic E-state index is 9.21. The molecule has 0 spiro atoms. The first-order valence-electron chi connectivity index (χ1n) is 7.16. The Morgan fingerprint density at radius 2 is 1.67 bits per heavy atom. The van der Waals surface area contributed by atoms with Gasteiger partial charge in [-0.3, -0.25) is 0 Å². The molecule has 0 saturated carbocycles. The van der Waals surface area contributed by atoms with E-state index in [4.69, 9.17) is 16.6 Å². The number of carboxylic acid groups (broad SMARTS) is 2. The van der Waals surface area contributed by atoms with Gasteiger partial charge in [0, 0.05) is 11.7 Å². The predicted octanol–water partition coefficient (Wildman–Crippen LogP) is 3.93. The van der Waals surface area contributed by atoms with Crippen LogP contribution in [0.2, 0.25) is 0 Å². The summed E-state index contributed by atoms with van der Waals surface area (Å²) in [5, 5.41) is 18.3. The predicted molar refractivity (Wildman–Crippen MR) is 91.4 cm³/mol. The van der Waals surface area contributed by atoms with Crippen LogP contribution in [0, 0.1) is 12.3 Å². The van der Waals surface area contributed by atoms with Gasteiger partial charge in [0.25, 0.3) is 0 Å². The Morgan fingerprint density at radius 1 is 1.17 bits per heavy atom. The number of carbonyl (C=O) groups is 2. The standard InChI is InChI=1S/C15H22N2.C2H2O5/c1-8-11-12(14(2,3)4)9-10-16-13(11)17-15(5,6)7;3-1(4)7-2(5)6/h1,9-10H,2-7H3,(H,16,17);(H,3,4)(H,5,6). The molecule has 3 N–H and O–H groups in total. The van der Waals surface area contributed by atoms with Crippen molar-refractivity contribution in [2.75, 3.05) is 5.32 Å². The van der Waals surface area contributed by atoms with Crippen LogP contribution in [0.5, 0.6) is 0 Å². The molecule has 0 amide bonds. The summed E-state index contributed by atoms with van der Waals surface area (Å²) in [6.07, 6.45) is 3.83. The van der Waals surface area contributed by atoms with Gasteiger partial charge in [-0.25, -0.2) is 14.6 Å². The average molecular weight is 336 g/mol. The van der Waals surface area contributed by atoms with Crippen LogP contribution in [0.1, 0.15) is 52.7 Å². The van der Waals surface area contributed by atoms with Crippen molar-refractivity contribution in [1.29, 1.82) is 0 Å². The number of aromatic nitrogens is 1. The number of terminal acetylenes is 1. The first-order valence-corrected chi connectivity index (χ1v) is 7.16. The molecule has 0 aliphatic rings. The molecule has 132 valence electrons. The number of rotatable bonds is 1. The molecule has 1 aromatic rings. The summed E-state index contributed by atoms with van der Waals surface area (Å²) in [5.41, 5.74) is 2.00. The fraction of sp³-hybridized carbons (Fsp3) is 0.471. The lowest BCUT2D eigenvalue weighted by atomic mass is 9.84. The van der Waals surface area contributed by atoms with Crippen LogP contribution in [0.3, 0.4) is 0 Å². The molecular formula is C17H24N2O5. The van der Waals surface area contributed by atoms with Gasteiger partial charge >= 0.3 is 12.3 Å². The molecule has 0 unspecified atom stereocenters. The van der Waals surface area contributed by atoms with Gasteiger partial charge in [-0.1, -0.05) is 26.7 Å². The van der Waals surface area contributed by atoms with Crippen LogP contribution < -0.4 is 5.32 Å². The lowest BCUT2D eigenvalue weighted by Crippen LogP contribution is -2.28. The van der Waals surface area contributed by atoms with E-state index in [0.29, 0.717) is 0 Å². The average Bonchev–Trinajstić information content (AvgIpc) is 2.34. The highest BCUT2D eigenvalue weighted by atomic mass is 16.7. The quantitative estimate of drug-likeness (QED) is 0.405. The Balaban J connectivity index is 0.000000640. The maximum Gasteiger partial charge on any atom is 0.516 e. The van der Waals surface area contributed by atoms with Crippen LogP contribution in [-0.4, -0.2) is 33.0 Å². The van der Waals surface area contributed by atoms with Crippen LogP contribution in [-0.2, 0) is 10.2 Å². The van der Waals surface area contributed by atoms with Crippen LogP contribution in [0.15, 0.2) is 12.3 Å². The summed E-state index contributed by atoms with van der Waals surface area (Å²) in [7, 11) is 0. The summed E-state index contributed by atoms with van der Waals surface area (Å²) in [5.74, 6) is 3.57. The summed E-state index contributed by atoms with van der Waals surface area (Å²) >= 11 is 0. The molecule has 1 aromatic heterocycles. The molecule has 7 heteroatoms. The Kier molecular flexibility index (Phi) is 7.26. The number of pyridine rings is 1. The van der Waals surface area contributed by atoms with Gasteiger partial charge in [-0.05, 0) is 37.8 Å².